The van der Waals surface area contributed by atoms with Crippen LogP contribution in [0.4, 0.5) is 0 Å². The minimum atomic E-state index is -1.09. The first-order valence-electron chi connectivity index (χ1n) is 8.64. The Morgan fingerprint density at radius 1 is 1.04 bits per heavy atom. The molecule has 2 rings (SSSR count). The number of ketones is 1. The van der Waals surface area contributed by atoms with Crippen LogP contribution in [0.25, 0.3) is 0 Å². The third kappa shape index (κ3) is 5.41. The fourth-order valence-electron chi connectivity index (χ4n) is 2.60. The highest BCUT2D eigenvalue weighted by Gasteiger charge is 2.30. The van der Waals surface area contributed by atoms with Crippen LogP contribution in [-0.4, -0.2) is 39.8 Å². The van der Waals surface area contributed by atoms with Gasteiger partial charge in [0.1, 0.15) is 11.8 Å². The maximum absolute atomic E-state index is 12.9. The summed E-state index contributed by atoms with van der Waals surface area (Å²) in [7, 11) is 0. The number of carboxylic acid groups (broad SMARTS) is 1. The molecular weight excluding hydrogens is 346 g/mol. The summed E-state index contributed by atoms with van der Waals surface area (Å²) in [5, 5.41) is 9.38. The minimum absolute atomic E-state index is 0.107. The molecule has 0 aromatic heterocycles. The normalized spacial score (nSPS) is 12.7. The van der Waals surface area contributed by atoms with Gasteiger partial charge in [-0.2, -0.15) is 0 Å². The van der Waals surface area contributed by atoms with Crippen LogP contribution in [0.2, 0.25) is 0 Å². The summed E-state index contributed by atoms with van der Waals surface area (Å²) in [5.74, 6) is -1.26. The molecule has 6 heteroatoms. The van der Waals surface area contributed by atoms with Crippen molar-refractivity contribution in [3.8, 4) is 5.75 Å². The molecule has 1 N–H and O–H groups in total. The van der Waals surface area contributed by atoms with Gasteiger partial charge in [0.15, 0.2) is 11.9 Å². The molecule has 2 aromatic carbocycles. The lowest BCUT2D eigenvalue weighted by Gasteiger charge is -2.29. The fraction of sp³-hybridized carbons (Fsp3) is 0.286. The monoisotopic (exact) mass is 369 g/mol. The molecule has 1 amide bonds. The number of hydrogen-bond acceptors (Lipinski definition) is 4. The first-order chi connectivity index (χ1) is 12.8. The highest BCUT2D eigenvalue weighted by Crippen LogP contribution is 2.18. The summed E-state index contributed by atoms with van der Waals surface area (Å²) in [6.45, 7) is 4.64. The van der Waals surface area contributed by atoms with E-state index in [9.17, 15) is 19.5 Å². The van der Waals surface area contributed by atoms with Gasteiger partial charge in [0.05, 0.1) is 0 Å². The average Bonchev–Trinajstić information content (AvgIpc) is 2.66. The summed E-state index contributed by atoms with van der Waals surface area (Å²) in [4.78, 5) is 37.1. The predicted octanol–water partition coefficient (Wildman–Crippen LogP) is 3.16. The third-order valence-corrected chi connectivity index (χ3v) is 4.20. The standard InChI is InChI=1S/C21H23NO5/c1-14(21(25)26)22(13-17-8-5-4-6-9-17)20(24)16(3)27-19-11-7-10-18(12-19)15(2)23/h4-12,14,16H,13H2,1-3H3,(H,25,26). The van der Waals surface area contributed by atoms with Crippen molar-refractivity contribution >= 4 is 17.7 Å². The van der Waals surface area contributed by atoms with E-state index < -0.39 is 24.0 Å². The van der Waals surface area contributed by atoms with E-state index in [1.54, 1.807) is 31.2 Å². The van der Waals surface area contributed by atoms with E-state index in [0.29, 0.717) is 11.3 Å². The molecule has 2 atom stereocenters. The largest absolute Gasteiger partial charge is 0.481 e. The van der Waals surface area contributed by atoms with Crippen molar-refractivity contribution in [1.29, 1.82) is 0 Å². The molecule has 0 spiro atoms. The van der Waals surface area contributed by atoms with Gasteiger partial charge in [0.25, 0.3) is 5.91 Å². The molecule has 0 saturated carbocycles. The molecule has 0 aliphatic rings. The van der Waals surface area contributed by atoms with Gasteiger partial charge in [0, 0.05) is 12.1 Å². The van der Waals surface area contributed by atoms with Gasteiger partial charge in [-0.3, -0.25) is 9.59 Å². The zero-order chi connectivity index (χ0) is 20.0. The Balaban J connectivity index is 2.19. The lowest BCUT2D eigenvalue weighted by molar-refractivity contribution is -0.153. The number of amides is 1. The Kier molecular flexibility index (Phi) is 6.71. The van der Waals surface area contributed by atoms with E-state index >= 15 is 0 Å². The van der Waals surface area contributed by atoms with E-state index in [1.807, 2.05) is 30.3 Å². The van der Waals surface area contributed by atoms with Crippen LogP contribution in [0.5, 0.6) is 5.75 Å². The van der Waals surface area contributed by atoms with Gasteiger partial charge in [-0.1, -0.05) is 42.5 Å². The number of hydrogen-bond donors (Lipinski definition) is 1. The number of carboxylic acids is 1. The molecule has 2 aromatic rings. The van der Waals surface area contributed by atoms with E-state index in [4.69, 9.17) is 4.74 Å². The zero-order valence-corrected chi connectivity index (χ0v) is 15.6. The fourth-order valence-corrected chi connectivity index (χ4v) is 2.60. The van der Waals surface area contributed by atoms with Gasteiger partial charge in [-0.25, -0.2) is 4.79 Å². The summed E-state index contributed by atoms with van der Waals surface area (Å²) in [6.07, 6.45) is -0.905. The number of carbonyl (C=O) groups excluding carboxylic acids is 2. The number of nitrogens with zero attached hydrogens (tertiary/aromatic N) is 1. The van der Waals surface area contributed by atoms with E-state index in [2.05, 4.69) is 0 Å². The second kappa shape index (κ2) is 8.98. The van der Waals surface area contributed by atoms with E-state index in [-0.39, 0.29) is 12.3 Å². The van der Waals surface area contributed by atoms with Crippen LogP contribution >= 0.6 is 0 Å². The molecule has 0 heterocycles. The first kappa shape index (κ1) is 20.2. The Bertz CT molecular complexity index is 818. The Labute approximate surface area is 158 Å². The second-order valence-corrected chi connectivity index (χ2v) is 6.31. The van der Waals surface area contributed by atoms with E-state index in [0.717, 1.165) is 5.56 Å². The summed E-state index contributed by atoms with van der Waals surface area (Å²) in [6, 6.07) is 14.7. The number of ether oxygens (including phenoxy) is 1. The number of rotatable bonds is 8. The van der Waals surface area contributed by atoms with Gasteiger partial charge in [-0.05, 0) is 38.5 Å². The number of aliphatic carboxylic acids is 1. The molecule has 142 valence electrons. The average molecular weight is 369 g/mol. The highest BCUT2D eigenvalue weighted by molar-refractivity contribution is 5.94. The highest BCUT2D eigenvalue weighted by atomic mass is 16.5. The van der Waals surface area contributed by atoms with Crippen LogP contribution in [-0.2, 0) is 16.1 Å². The summed E-state index contributed by atoms with van der Waals surface area (Å²) < 4.78 is 5.68. The summed E-state index contributed by atoms with van der Waals surface area (Å²) >= 11 is 0. The van der Waals surface area contributed by atoms with Crippen LogP contribution in [0.3, 0.4) is 0 Å². The molecular formula is C21H23NO5. The topological polar surface area (TPSA) is 83.9 Å². The molecule has 0 bridgehead atoms. The summed E-state index contributed by atoms with van der Waals surface area (Å²) in [5.41, 5.74) is 1.30. The maximum atomic E-state index is 12.9. The van der Waals surface area contributed by atoms with Gasteiger partial charge >= 0.3 is 5.97 Å². The quantitative estimate of drug-likeness (QED) is 0.723. The smallest absolute Gasteiger partial charge is 0.326 e. The van der Waals surface area contributed by atoms with Crippen molar-refractivity contribution in [2.75, 3.05) is 0 Å². The molecule has 0 fully saturated rings. The van der Waals surface area contributed by atoms with Crippen molar-refractivity contribution < 1.29 is 24.2 Å². The molecule has 2 unspecified atom stereocenters. The van der Waals surface area contributed by atoms with Crippen LogP contribution in [0.15, 0.2) is 54.6 Å². The Morgan fingerprint density at radius 2 is 1.70 bits per heavy atom. The molecule has 27 heavy (non-hydrogen) atoms. The van der Waals surface area contributed by atoms with Crippen LogP contribution in [0, 0.1) is 0 Å². The van der Waals surface area contributed by atoms with Crippen molar-refractivity contribution in [3.63, 3.8) is 0 Å². The van der Waals surface area contributed by atoms with Crippen LogP contribution < -0.4 is 4.74 Å². The Morgan fingerprint density at radius 3 is 2.30 bits per heavy atom. The van der Waals surface area contributed by atoms with Crippen LogP contribution in [0.1, 0.15) is 36.7 Å². The second-order valence-electron chi connectivity index (χ2n) is 6.31. The minimum Gasteiger partial charge on any atom is -0.481 e. The van der Waals surface area contributed by atoms with Gasteiger partial charge in [0.2, 0.25) is 0 Å². The van der Waals surface area contributed by atoms with Crippen molar-refractivity contribution in [1.82, 2.24) is 4.90 Å². The number of benzene rings is 2. The molecule has 0 radical (unpaired) electrons. The molecule has 0 aliphatic carbocycles. The molecule has 0 saturated heterocycles. The van der Waals surface area contributed by atoms with Gasteiger partial charge in [-0.15, -0.1) is 0 Å². The molecule has 0 aliphatic heterocycles. The predicted molar refractivity (Wildman–Crippen MR) is 101 cm³/mol. The maximum Gasteiger partial charge on any atom is 0.326 e. The Hall–Kier alpha value is -3.15. The lowest BCUT2D eigenvalue weighted by Crippen LogP contribution is -2.48. The van der Waals surface area contributed by atoms with Crippen molar-refractivity contribution in [3.05, 3.63) is 65.7 Å². The molecule has 6 nitrogen and oxygen atoms in total. The first-order valence-corrected chi connectivity index (χ1v) is 8.64. The zero-order valence-electron chi connectivity index (χ0n) is 15.6. The SMILES string of the molecule is CC(=O)c1cccc(OC(C)C(=O)N(Cc2ccccc2)C(C)C(=O)O)c1. The number of Topliss-reactive ketones (excluding diaryl/α,β-unsaturated/α-hetero) is 1. The number of carbonyl (C=O) groups is 3. The third-order valence-electron chi connectivity index (χ3n) is 4.20. The van der Waals surface area contributed by atoms with Gasteiger partial charge < -0.3 is 14.7 Å². The van der Waals surface area contributed by atoms with Crippen molar-refractivity contribution in [2.24, 2.45) is 0 Å². The lowest BCUT2D eigenvalue weighted by atomic mass is 10.1. The van der Waals surface area contributed by atoms with E-state index in [1.165, 1.54) is 18.7 Å². The van der Waals surface area contributed by atoms with Crippen molar-refractivity contribution in [2.45, 2.75) is 39.5 Å².